The van der Waals surface area contributed by atoms with E-state index in [1.807, 2.05) is 19.1 Å². The van der Waals surface area contributed by atoms with E-state index >= 15 is 0 Å². The first-order valence-corrected chi connectivity index (χ1v) is 8.82. The number of esters is 1. The molecule has 0 aliphatic carbocycles. The molecule has 0 bridgehead atoms. The summed E-state index contributed by atoms with van der Waals surface area (Å²) in [5.41, 5.74) is 7.79. The second-order valence-electron chi connectivity index (χ2n) is 6.34. The Bertz CT molecular complexity index is 774. The Kier molecular flexibility index (Phi) is 7.33. The van der Waals surface area contributed by atoms with Gasteiger partial charge in [-0.1, -0.05) is 31.5 Å². The summed E-state index contributed by atoms with van der Waals surface area (Å²) in [5.74, 6) is -0.518. The van der Waals surface area contributed by atoms with Crippen molar-refractivity contribution < 1.29 is 18.7 Å². The average Bonchev–Trinajstić information content (AvgIpc) is 2.58. The zero-order valence-corrected chi connectivity index (χ0v) is 15.0. The summed E-state index contributed by atoms with van der Waals surface area (Å²) < 4.78 is 18.8. The van der Waals surface area contributed by atoms with Crippen LogP contribution in [-0.4, -0.2) is 11.9 Å². The second-order valence-corrected chi connectivity index (χ2v) is 6.34. The zero-order valence-electron chi connectivity index (χ0n) is 15.0. The molecule has 0 radical (unpaired) electrons. The molecule has 2 aromatic rings. The van der Waals surface area contributed by atoms with Crippen LogP contribution in [0.25, 0.3) is 0 Å². The molecule has 138 valence electrons. The number of halogens is 1. The number of primary amides is 1. The van der Waals surface area contributed by atoms with Gasteiger partial charge in [-0.2, -0.15) is 0 Å². The van der Waals surface area contributed by atoms with Crippen molar-refractivity contribution >= 4 is 11.9 Å². The van der Waals surface area contributed by atoms with Gasteiger partial charge in [0.1, 0.15) is 11.6 Å². The number of carbonyl (C=O) groups is 2. The van der Waals surface area contributed by atoms with E-state index in [1.54, 1.807) is 18.2 Å². The summed E-state index contributed by atoms with van der Waals surface area (Å²) in [6.45, 7) is 2.01. The number of benzene rings is 2. The predicted molar refractivity (Wildman–Crippen MR) is 98.3 cm³/mol. The fourth-order valence-electron chi connectivity index (χ4n) is 2.69. The van der Waals surface area contributed by atoms with Crippen LogP contribution in [0.1, 0.15) is 49.3 Å². The number of nitrogens with two attached hydrogens (primary N) is 1. The number of hydrogen-bond acceptors (Lipinski definition) is 3. The third-order valence-corrected chi connectivity index (χ3v) is 3.95. The molecule has 2 N–H and O–H groups in total. The fraction of sp³-hybridized carbons (Fsp3) is 0.333. The number of hydrogen-bond donors (Lipinski definition) is 1. The van der Waals surface area contributed by atoms with Crippen molar-refractivity contribution in [3.05, 3.63) is 65.0 Å². The van der Waals surface area contributed by atoms with Crippen LogP contribution in [0.15, 0.2) is 42.5 Å². The molecule has 2 rings (SSSR count). The van der Waals surface area contributed by atoms with E-state index in [9.17, 15) is 14.0 Å². The Morgan fingerprint density at radius 2 is 1.81 bits per heavy atom. The average molecular weight is 357 g/mol. The van der Waals surface area contributed by atoms with Gasteiger partial charge in [0.05, 0.1) is 0 Å². The Hall–Kier alpha value is -2.69. The lowest BCUT2D eigenvalue weighted by atomic mass is 10.00. The summed E-state index contributed by atoms with van der Waals surface area (Å²) in [6, 6.07) is 11.8. The third-order valence-electron chi connectivity index (χ3n) is 3.95. The smallest absolute Gasteiger partial charge is 0.311 e. The first-order chi connectivity index (χ1) is 12.5. The maximum atomic E-state index is 13.4. The zero-order chi connectivity index (χ0) is 18.9. The lowest BCUT2D eigenvalue weighted by Gasteiger charge is -2.11. The number of ether oxygens (including phenoxy) is 1. The molecule has 26 heavy (non-hydrogen) atoms. The standard InChI is InChI=1S/C21H24FNO3/c1-2-3-7-21(25)26-19-13-16(8-9-20(23)24)11-17(14-19)10-15-5-4-6-18(22)12-15/h4-6,11-14H,2-3,7-10H2,1H3,(H2,23,24). The molecule has 0 saturated heterocycles. The SMILES string of the molecule is CCCCC(=O)Oc1cc(CCC(N)=O)cc(Cc2cccc(F)c2)c1. The Morgan fingerprint density at radius 3 is 2.50 bits per heavy atom. The maximum Gasteiger partial charge on any atom is 0.311 e. The fourth-order valence-corrected chi connectivity index (χ4v) is 2.69. The molecule has 0 saturated carbocycles. The van der Waals surface area contributed by atoms with Crippen molar-refractivity contribution in [3.8, 4) is 5.75 Å². The minimum absolute atomic E-state index is 0.215. The van der Waals surface area contributed by atoms with Crippen molar-refractivity contribution in [2.45, 2.75) is 45.4 Å². The first kappa shape index (κ1) is 19.6. The van der Waals surface area contributed by atoms with E-state index in [0.29, 0.717) is 25.0 Å². The number of carbonyl (C=O) groups excluding carboxylic acids is 2. The van der Waals surface area contributed by atoms with Gasteiger partial charge in [0.2, 0.25) is 5.91 Å². The first-order valence-electron chi connectivity index (χ1n) is 8.82. The Labute approximate surface area is 153 Å². The van der Waals surface area contributed by atoms with Gasteiger partial charge >= 0.3 is 5.97 Å². The van der Waals surface area contributed by atoms with E-state index in [0.717, 1.165) is 29.5 Å². The highest BCUT2D eigenvalue weighted by atomic mass is 19.1. The lowest BCUT2D eigenvalue weighted by molar-refractivity contribution is -0.134. The van der Waals surface area contributed by atoms with Crippen LogP contribution in [0, 0.1) is 5.82 Å². The number of aryl methyl sites for hydroxylation is 1. The van der Waals surface area contributed by atoms with E-state index in [1.165, 1.54) is 12.1 Å². The highest BCUT2D eigenvalue weighted by Crippen LogP contribution is 2.22. The number of amides is 1. The molecule has 0 unspecified atom stereocenters. The molecule has 5 heteroatoms. The van der Waals surface area contributed by atoms with Gasteiger partial charge in [-0.05, 0) is 60.2 Å². The van der Waals surface area contributed by atoms with E-state index in [4.69, 9.17) is 10.5 Å². The molecular weight excluding hydrogens is 333 g/mol. The third kappa shape index (κ3) is 6.67. The van der Waals surface area contributed by atoms with Gasteiger partial charge in [-0.25, -0.2) is 4.39 Å². The molecule has 0 spiro atoms. The van der Waals surface area contributed by atoms with E-state index in [2.05, 4.69) is 0 Å². The number of unbranched alkanes of at least 4 members (excludes halogenated alkanes) is 1. The molecule has 4 nitrogen and oxygen atoms in total. The van der Waals surface area contributed by atoms with E-state index in [-0.39, 0.29) is 24.1 Å². The maximum absolute atomic E-state index is 13.4. The molecule has 0 aromatic heterocycles. The van der Waals surface area contributed by atoms with Gasteiger partial charge < -0.3 is 10.5 Å². The van der Waals surface area contributed by atoms with Gasteiger partial charge in [0.25, 0.3) is 0 Å². The highest BCUT2D eigenvalue weighted by molar-refractivity contribution is 5.74. The summed E-state index contributed by atoms with van der Waals surface area (Å²) in [6.07, 6.45) is 3.23. The van der Waals surface area contributed by atoms with Crippen LogP contribution < -0.4 is 10.5 Å². The quantitative estimate of drug-likeness (QED) is 0.546. The van der Waals surface area contributed by atoms with Crippen LogP contribution in [-0.2, 0) is 22.4 Å². The van der Waals surface area contributed by atoms with Gasteiger partial charge in [0.15, 0.2) is 0 Å². The monoisotopic (exact) mass is 357 g/mol. The van der Waals surface area contributed by atoms with Gasteiger partial charge in [-0.3, -0.25) is 9.59 Å². The number of rotatable bonds is 9. The van der Waals surface area contributed by atoms with Gasteiger partial charge in [0, 0.05) is 12.8 Å². The molecule has 0 fully saturated rings. The minimum atomic E-state index is -0.387. The van der Waals surface area contributed by atoms with Crippen molar-refractivity contribution in [1.29, 1.82) is 0 Å². The summed E-state index contributed by atoms with van der Waals surface area (Å²) in [7, 11) is 0. The van der Waals surface area contributed by atoms with Crippen molar-refractivity contribution in [2.24, 2.45) is 5.73 Å². The van der Waals surface area contributed by atoms with Crippen molar-refractivity contribution in [2.75, 3.05) is 0 Å². The summed E-state index contributed by atoms with van der Waals surface area (Å²) in [5, 5.41) is 0. The Balaban J connectivity index is 2.21. The topological polar surface area (TPSA) is 69.4 Å². The largest absolute Gasteiger partial charge is 0.427 e. The van der Waals surface area contributed by atoms with Crippen molar-refractivity contribution in [3.63, 3.8) is 0 Å². The van der Waals surface area contributed by atoms with Crippen LogP contribution in [0.4, 0.5) is 4.39 Å². The van der Waals surface area contributed by atoms with Crippen LogP contribution in [0.3, 0.4) is 0 Å². The Morgan fingerprint density at radius 1 is 1.04 bits per heavy atom. The molecule has 0 heterocycles. The molecular formula is C21H24FNO3. The minimum Gasteiger partial charge on any atom is -0.427 e. The molecule has 1 amide bonds. The van der Waals surface area contributed by atoms with E-state index < -0.39 is 0 Å². The summed E-state index contributed by atoms with van der Waals surface area (Å²) in [4.78, 5) is 23.0. The van der Waals surface area contributed by atoms with Crippen molar-refractivity contribution in [1.82, 2.24) is 0 Å². The van der Waals surface area contributed by atoms with Crippen LogP contribution in [0.5, 0.6) is 5.75 Å². The molecule has 0 atom stereocenters. The summed E-state index contributed by atoms with van der Waals surface area (Å²) >= 11 is 0. The molecule has 0 aliphatic rings. The highest BCUT2D eigenvalue weighted by Gasteiger charge is 2.09. The lowest BCUT2D eigenvalue weighted by Crippen LogP contribution is -2.12. The van der Waals surface area contributed by atoms with Crippen LogP contribution >= 0.6 is 0 Å². The normalized spacial score (nSPS) is 10.5. The molecule has 2 aromatic carbocycles. The molecule has 0 aliphatic heterocycles. The van der Waals surface area contributed by atoms with Gasteiger partial charge in [-0.15, -0.1) is 0 Å². The predicted octanol–water partition coefficient (Wildman–Crippen LogP) is 3.93. The second kappa shape index (κ2) is 9.70. The van der Waals surface area contributed by atoms with Crippen LogP contribution in [0.2, 0.25) is 0 Å².